The number of rotatable bonds is 0. The first-order valence-electron chi connectivity index (χ1n) is 8.99. The van der Waals surface area contributed by atoms with Crippen molar-refractivity contribution < 1.29 is 19.9 Å². The van der Waals surface area contributed by atoms with E-state index in [2.05, 4.69) is 42.2 Å². The summed E-state index contributed by atoms with van der Waals surface area (Å²) in [5, 5.41) is 25.5. The van der Waals surface area contributed by atoms with Crippen molar-refractivity contribution in [3.8, 4) is 0 Å². The minimum Gasteiger partial charge on any atom is -0.386 e. The Morgan fingerprint density at radius 3 is 2.92 bits per heavy atom. The number of carbonyl (C=O) groups is 1. The van der Waals surface area contributed by atoms with E-state index >= 15 is 0 Å². The Balaban J connectivity index is 1.73. The number of hydrogen-bond acceptors (Lipinski definition) is 4. The third-order valence-corrected chi connectivity index (χ3v) is 8.46. The van der Waals surface area contributed by atoms with E-state index in [4.69, 9.17) is 0 Å². The van der Waals surface area contributed by atoms with Crippen molar-refractivity contribution in [3.63, 3.8) is 0 Å². The molecule has 1 saturated heterocycles. The summed E-state index contributed by atoms with van der Waals surface area (Å²) in [5.74, 6) is -0.0141. The number of carbonyl (C=O) groups excluding carboxylic acids is 1. The molecule has 0 radical (unpaired) electrons. The Morgan fingerprint density at radius 2 is 2.12 bits per heavy atom. The van der Waals surface area contributed by atoms with Crippen molar-refractivity contribution in [3.05, 3.63) is 43.3 Å². The van der Waals surface area contributed by atoms with Gasteiger partial charge in [0.05, 0.1) is 28.0 Å². The quantitative estimate of drug-likeness (QED) is 0.361. The number of allylic oxidation sites excluding steroid dienone is 1. The molecule has 2 aliphatic carbocycles. The summed E-state index contributed by atoms with van der Waals surface area (Å²) < 4.78 is 1.61. The fourth-order valence-corrected chi connectivity index (χ4v) is 7.40. The Hall–Kier alpha value is -0.930. The SMILES string of the molecule is O=C1C2=C3C4c5c1[nH]c(Br)c5CC[NH+]4C1C(O)C(Br)=CC3(CCN2)C1O. The van der Waals surface area contributed by atoms with Crippen LogP contribution < -0.4 is 10.2 Å². The molecule has 5 N–H and O–H groups in total. The molecular formula is C18H18Br2N3O3+. The lowest BCUT2D eigenvalue weighted by Gasteiger charge is -2.59. The van der Waals surface area contributed by atoms with Gasteiger partial charge in [0.25, 0.3) is 0 Å². The lowest BCUT2D eigenvalue weighted by Crippen LogP contribution is -3.22. The van der Waals surface area contributed by atoms with Gasteiger partial charge < -0.3 is 25.4 Å². The average Bonchev–Trinajstić information content (AvgIpc) is 2.96. The summed E-state index contributed by atoms with van der Waals surface area (Å²) >= 11 is 7.14. The second-order valence-corrected chi connectivity index (χ2v) is 9.70. The second-order valence-electron chi connectivity index (χ2n) is 7.99. The summed E-state index contributed by atoms with van der Waals surface area (Å²) in [6, 6.07) is -0.304. The van der Waals surface area contributed by atoms with Gasteiger partial charge in [0, 0.05) is 34.1 Å². The molecule has 5 aliphatic rings. The number of quaternary nitrogens is 1. The molecule has 6 atom stereocenters. The summed E-state index contributed by atoms with van der Waals surface area (Å²) in [7, 11) is 0. The molecule has 1 spiro atoms. The van der Waals surface area contributed by atoms with Crippen LogP contribution in [0.1, 0.15) is 34.1 Å². The predicted octanol–water partition coefficient (Wildman–Crippen LogP) is 0.0858. The van der Waals surface area contributed by atoms with Gasteiger partial charge in [-0.2, -0.15) is 0 Å². The first-order valence-corrected chi connectivity index (χ1v) is 10.6. The van der Waals surface area contributed by atoms with Gasteiger partial charge in [-0.05, 0) is 22.4 Å². The third-order valence-electron chi connectivity index (χ3n) is 7.09. The number of H-pyrrole nitrogens is 1. The Bertz CT molecular complexity index is 952. The zero-order chi connectivity index (χ0) is 18.0. The molecule has 2 bridgehead atoms. The highest BCUT2D eigenvalue weighted by molar-refractivity contribution is 9.11. The number of piperidine rings is 1. The van der Waals surface area contributed by atoms with E-state index < -0.39 is 17.6 Å². The van der Waals surface area contributed by atoms with Crippen molar-refractivity contribution in [2.75, 3.05) is 13.1 Å². The molecular weight excluding hydrogens is 466 g/mol. The van der Waals surface area contributed by atoms with Crippen LogP contribution in [0.4, 0.5) is 0 Å². The zero-order valence-corrected chi connectivity index (χ0v) is 16.9. The molecule has 0 amide bonds. The number of ketones is 1. The van der Waals surface area contributed by atoms with Gasteiger partial charge in [0.2, 0.25) is 5.78 Å². The summed E-state index contributed by atoms with van der Waals surface area (Å²) in [4.78, 5) is 17.7. The lowest BCUT2D eigenvalue weighted by atomic mass is 9.56. The first-order chi connectivity index (χ1) is 12.5. The summed E-state index contributed by atoms with van der Waals surface area (Å²) in [6.45, 7) is 1.45. The molecule has 3 aliphatic heterocycles. The smallest absolute Gasteiger partial charge is 0.225 e. The van der Waals surface area contributed by atoms with Crippen molar-refractivity contribution in [2.24, 2.45) is 5.41 Å². The van der Waals surface area contributed by atoms with Crippen LogP contribution in [0.25, 0.3) is 0 Å². The number of nitrogens with one attached hydrogen (secondary N) is 3. The highest BCUT2D eigenvalue weighted by Crippen LogP contribution is 2.56. The fourth-order valence-electron chi connectivity index (χ4n) is 6.09. The van der Waals surface area contributed by atoms with Gasteiger partial charge in [-0.25, -0.2) is 0 Å². The van der Waals surface area contributed by atoms with E-state index in [-0.39, 0.29) is 17.9 Å². The molecule has 6 rings (SSSR count). The maximum atomic E-state index is 13.2. The highest BCUT2D eigenvalue weighted by atomic mass is 79.9. The molecule has 1 aromatic rings. The number of Topliss-reactive ketones (excluding diaryl/α,β-unsaturated/α-hetero) is 1. The van der Waals surface area contributed by atoms with Crippen molar-refractivity contribution in [2.45, 2.75) is 37.1 Å². The van der Waals surface area contributed by atoms with Gasteiger partial charge in [0.15, 0.2) is 0 Å². The molecule has 26 heavy (non-hydrogen) atoms. The number of aliphatic hydroxyl groups is 2. The molecule has 6 unspecified atom stereocenters. The van der Waals surface area contributed by atoms with Gasteiger partial charge in [0.1, 0.15) is 24.3 Å². The number of hydrogen-bond donors (Lipinski definition) is 5. The van der Waals surface area contributed by atoms with Gasteiger partial charge in [-0.3, -0.25) is 4.79 Å². The number of aliphatic hydroxyl groups excluding tert-OH is 2. The normalized spacial score (nSPS) is 42.2. The summed E-state index contributed by atoms with van der Waals surface area (Å²) in [6.07, 6.45) is 2.08. The first kappa shape index (κ1) is 16.1. The maximum absolute atomic E-state index is 13.2. The molecule has 0 aromatic carbocycles. The maximum Gasteiger partial charge on any atom is 0.225 e. The summed E-state index contributed by atoms with van der Waals surface area (Å²) in [5.41, 5.74) is 3.94. The number of halogens is 2. The number of aromatic nitrogens is 1. The van der Waals surface area contributed by atoms with Crippen LogP contribution in [0.5, 0.6) is 0 Å². The number of fused-ring (bicyclic) bond motifs is 2. The van der Waals surface area contributed by atoms with E-state index in [0.717, 1.165) is 44.5 Å². The van der Waals surface area contributed by atoms with Gasteiger partial charge in [-0.1, -0.05) is 22.0 Å². The lowest BCUT2D eigenvalue weighted by molar-refractivity contribution is -0.965. The van der Waals surface area contributed by atoms with Gasteiger partial charge in [-0.15, -0.1) is 0 Å². The van der Waals surface area contributed by atoms with Crippen LogP contribution in [0.15, 0.2) is 26.4 Å². The van der Waals surface area contributed by atoms with Crippen LogP contribution in [0.2, 0.25) is 0 Å². The Labute approximate surface area is 166 Å². The minimum absolute atomic E-state index is 0.00306. The van der Waals surface area contributed by atoms with E-state index in [1.807, 2.05) is 6.08 Å². The highest BCUT2D eigenvalue weighted by Gasteiger charge is 2.66. The predicted molar refractivity (Wildman–Crippen MR) is 100.0 cm³/mol. The van der Waals surface area contributed by atoms with Crippen LogP contribution in [-0.2, 0) is 6.42 Å². The molecule has 136 valence electrons. The van der Waals surface area contributed by atoms with Crippen LogP contribution in [0.3, 0.4) is 0 Å². The van der Waals surface area contributed by atoms with Crippen molar-refractivity contribution in [1.82, 2.24) is 10.3 Å². The van der Waals surface area contributed by atoms with E-state index in [1.165, 1.54) is 5.56 Å². The second kappa shape index (κ2) is 4.91. The van der Waals surface area contributed by atoms with Gasteiger partial charge >= 0.3 is 0 Å². The van der Waals surface area contributed by atoms with Crippen LogP contribution >= 0.6 is 31.9 Å². The number of aromatic amines is 1. The Kier molecular flexibility index (Phi) is 3.03. The van der Waals surface area contributed by atoms with E-state index in [9.17, 15) is 15.0 Å². The fraction of sp³-hybridized carbons (Fsp3) is 0.500. The molecule has 1 fully saturated rings. The van der Waals surface area contributed by atoms with Crippen molar-refractivity contribution in [1.29, 1.82) is 0 Å². The van der Waals surface area contributed by atoms with E-state index in [0.29, 0.717) is 17.9 Å². The molecule has 6 nitrogen and oxygen atoms in total. The van der Waals surface area contributed by atoms with Crippen LogP contribution in [-0.4, -0.2) is 52.3 Å². The van der Waals surface area contributed by atoms with Crippen LogP contribution in [0, 0.1) is 5.41 Å². The van der Waals surface area contributed by atoms with Crippen molar-refractivity contribution >= 4 is 37.6 Å². The van der Waals surface area contributed by atoms with E-state index in [1.54, 1.807) is 0 Å². The topological polar surface area (TPSA) is 89.8 Å². The largest absolute Gasteiger partial charge is 0.386 e. The minimum atomic E-state index is -0.726. The standard InChI is InChI=1S/C18H17Br2N3O3/c19-7-5-18-2-3-21-11-9(18)12-8-6(17(20)22-10(8)15(11)25)1-4-23(12)13(14(7)24)16(18)26/h5,12-14,16,21-22,24,26H,1-4H2/p+1. The Morgan fingerprint density at radius 1 is 1.31 bits per heavy atom. The average molecular weight is 484 g/mol. The molecule has 4 heterocycles. The molecule has 1 aromatic heterocycles. The third kappa shape index (κ3) is 1.59. The zero-order valence-electron chi connectivity index (χ0n) is 13.8. The molecule has 0 saturated carbocycles. The molecule has 8 heteroatoms. The monoisotopic (exact) mass is 482 g/mol.